The molecule has 1 amide bonds. The van der Waals surface area contributed by atoms with E-state index < -0.39 is 15.6 Å². The summed E-state index contributed by atoms with van der Waals surface area (Å²) in [6.45, 7) is 7.54. The molecule has 0 spiro atoms. The summed E-state index contributed by atoms with van der Waals surface area (Å²) in [6.07, 6.45) is 0.546. The highest BCUT2D eigenvalue weighted by Crippen LogP contribution is 2.26. The van der Waals surface area contributed by atoms with Crippen LogP contribution in [0.25, 0.3) is 0 Å². The van der Waals surface area contributed by atoms with Crippen molar-refractivity contribution in [3.63, 3.8) is 0 Å². The fourth-order valence-electron chi connectivity index (χ4n) is 3.18. The molecule has 1 atom stereocenters. The van der Waals surface area contributed by atoms with Crippen molar-refractivity contribution in [3.8, 4) is 0 Å². The van der Waals surface area contributed by atoms with Gasteiger partial charge in [-0.15, -0.1) is 0 Å². The highest BCUT2D eigenvalue weighted by atomic mass is 35.5. The number of halogens is 1. The number of anilines is 1. The van der Waals surface area contributed by atoms with Crippen molar-refractivity contribution in [1.29, 1.82) is 0 Å². The maximum Gasteiger partial charge on any atom is 0.273 e. The number of hydrogen-bond donors (Lipinski definition) is 3. The molecule has 0 saturated heterocycles. The number of nitrogens with one attached hydrogen (secondary N) is 3. The first-order valence-electron chi connectivity index (χ1n) is 9.31. The Morgan fingerprint density at radius 1 is 1.32 bits per heavy atom. The zero-order chi connectivity index (χ0) is 22.8. The van der Waals surface area contributed by atoms with Gasteiger partial charge in [-0.25, -0.2) is 13.4 Å². The summed E-state index contributed by atoms with van der Waals surface area (Å²) >= 11 is 5.85. The van der Waals surface area contributed by atoms with Crippen molar-refractivity contribution >= 4 is 39.6 Å². The summed E-state index contributed by atoms with van der Waals surface area (Å²) in [5.74, 6) is -0.00613. The van der Waals surface area contributed by atoms with E-state index >= 15 is 0 Å². The average molecular weight is 464 g/mol. The molecule has 9 nitrogen and oxygen atoms in total. The predicted octanol–water partition coefficient (Wildman–Crippen LogP) is 1.95. The first-order valence-corrected chi connectivity index (χ1v) is 11.3. The molecule has 1 aliphatic rings. The van der Waals surface area contributed by atoms with Crippen LogP contribution in [0.1, 0.15) is 23.7 Å². The maximum atomic E-state index is 12.8. The van der Waals surface area contributed by atoms with Crippen LogP contribution >= 0.6 is 11.6 Å². The average Bonchev–Trinajstić information content (AvgIpc) is 2.97. The lowest BCUT2D eigenvalue weighted by molar-refractivity contribution is -0.109. The number of aryl methyl sites for hydroxylation is 1. The Hall–Kier alpha value is -3.11. The zero-order valence-electron chi connectivity index (χ0n) is 17.0. The number of carbonyl (C=O) groups excluding carboxylic acids is 1. The topological polar surface area (TPSA) is 124 Å². The quantitative estimate of drug-likeness (QED) is 0.516. The largest absolute Gasteiger partial charge is 0.341 e. The van der Waals surface area contributed by atoms with Crippen molar-refractivity contribution in [2.45, 2.75) is 25.6 Å². The molecule has 0 saturated carbocycles. The number of nitrogens with zero attached hydrogens (tertiary/aromatic N) is 2. The van der Waals surface area contributed by atoms with E-state index in [4.69, 9.17) is 11.6 Å². The second-order valence-electron chi connectivity index (χ2n) is 7.11. The van der Waals surface area contributed by atoms with Gasteiger partial charge in [0.25, 0.3) is 5.56 Å². The number of rotatable bonds is 8. The normalized spacial score (nSPS) is 16.2. The number of aromatic nitrogens is 1. The van der Waals surface area contributed by atoms with Gasteiger partial charge in [-0.05, 0) is 37.6 Å². The van der Waals surface area contributed by atoms with Crippen molar-refractivity contribution in [2.24, 2.45) is 4.99 Å². The summed E-state index contributed by atoms with van der Waals surface area (Å²) in [6, 6.07) is 7.76. The molecule has 1 aromatic carbocycles. The van der Waals surface area contributed by atoms with Gasteiger partial charge in [-0.2, -0.15) is 0 Å². The van der Waals surface area contributed by atoms with E-state index in [9.17, 15) is 18.0 Å². The minimum absolute atomic E-state index is 0.116. The molecule has 3 rings (SSSR count). The standard InChI is InChI=1S/C20H22ClN5O4S/c1-12-8-17(19-24-13(2)14(3)26(19)10-22-11-27)18(20(28)23-12)25-31(29,30)9-15-4-6-16(21)7-5-15/h4-8,11,14,25H,2,9-10H2,1,3H3,(H,22,27)(H,23,28). The maximum absolute atomic E-state index is 12.8. The summed E-state index contributed by atoms with van der Waals surface area (Å²) in [4.78, 5) is 32.3. The summed E-state index contributed by atoms with van der Waals surface area (Å²) in [7, 11) is -3.93. The first-order chi connectivity index (χ1) is 14.6. The van der Waals surface area contributed by atoms with E-state index in [1.807, 2.05) is 6.92 Å². The lowest BCUT2D eigenvalue weighted by atomic mass is 10.1. The zero-order valence-corrected chi connectivity index (χ0v) is 18.5. The molecule has 3 N–H and O–H groups in total. The first kappa shape index (κ1) is 22.6. The predicted molar refractivity (Wildman–Crippen MR) is 121 cm³/mol. The van der Waals surface area contributed by atoms with E-state index in [1.165, 1.54) is 0 Å². The van der Waals surface area contributed by atoms with E-state index in [0.29, 0.717) is 39.8 Å². The molecule has 0 aliphatic carbocycles. The SMILES string of the molecule is C=C1N=C(c2cc(C)[nH]c(=O)c2NS(=O)(=O)Cc2ccc(Cl)cc2)N(CNC=O)C1C. The van der Waals surface area contributed by atoms with Crippen molar-refractivity contribution in [2.75, 3.05) is 11.4 Å². The second-order valence-corrected chi connectivity index (χ2v) is 9.27. The fourth-order valence-corrected chi connectivity index (χ4v) is 4.52. The number of pyridine rings is 1. The summed E-state index contributed by atoms with van der Waals surface area (Å²) in [5.41, 5.74) is 1.09. The molecule has 1 aliphatic heterocycles. The Labute approximate surface area is 184 Å². The van der Waals surface area contributed by atoms with Gasteiger partial charge in [0.05, 0.1) is 24.2 Å². The number of carbonyl (C=O) groups is 1. The van der Waals surface area contributed by atoms with Crippen LogP contribution in [0, 0.1) is 6.92 Å². The third-order valence-corrected chi connectivity index (χ3v) is 6.23. The minimum atomic E-state index is -3.93. The highest BCUT2D eigenvalue weighted by Gasteiger charge is 2.31. The van der Waals surface area contributed by atoms with Gasteiger partial charge in [0.1, 0.15) is 11.5 Å². The lowest BCUT2D eigenvalue weighted by Crippen LogP contribution is -2.42. The summed E-state index contributed by atoms with van der Waals surface area (Å²) < 4.78 is 28.0. The third-order valence-electron chi connectivity index (χ3n) is 4.75. The number of hydrogen-bond acceptors (Lipinski definition) is 6. The van der Waals surface area contributed by atoms with Crippen molar-refractivity contribution < 1.29 is 13.2 Å². The van der Waals surface area contributed by atoms with Crippen LogP contribution in [0.3, 0.4) is 0 Å². The molecule has 2 aromatic rings. The number of amidine groups is 1. The van der Waals surface area contributed by atoms with Gasteiger partial charge < -0.3 is 15.2 Å². The van der Waals surface area contributed by atoms with Crippen molar-refractivity contribution in [3.05, 3.63) is 74.8 Å². The van der Waals surface area contributed by atoms with Crippen LogP contribution in [0.4, 0.5) is 5.69 Å². The van der Waals surface area contributed by atoms with Crippen LogP contribution in [0.15, 0.2) is 52.4 Å². The van der Waals surface area contributed by atoms with E-state index in [2.05, 4.69) is 26.6 Å². The number of amides is 1. The number of aromatic amines is 1. The molecule has 164 valence electrons. The van der Waals surface area contributed by atoms with Crippen LogP contribution in [-0.4, -0.2) is 43.3 Å². The molecule has 1 unspecified atom stereocenters. The number of aliphatic imine (C=N–C) groups is 1. The highest BCUT2D eigenvalue weighted by molar-refractivity contribution is 7.91. The molecule has 2 heterocycles. The van der Waals surface area contributed by atoms with Crippen LogP contribution in [-0.2, 0) is 20.6 Å². The monoisotopic (exact) mass is 463 g/mol. The van der Waals surface area contributed by atoms with Crippen LogP contribution in [0.2, 0.25) is 5.02 Å². The van der Waals surface area contributed by atoms with Crippen molar-refractivity contribution in [1.82, 2.24) is 15.2 Å². The molecule has 0 radical (unpaired) electrons. The Balaban J connectivity index is 2.01. The molecule has 11 heteroatoms. The van der Waals surface area contributed by atoms with Gasteiger partial charge in [0.2, 0.25) is 16.4 Å². The molecule has 0 fully saturated rings. The van der Waals surface area contributed by atoms with Crippen LogP contribution < -0.4 is 15.6 Å². The minimum Gasteiger partial charge on any atom is -0.341 e. The van der Waals surface area contributed by atoms with Gasteiger partial charge in [-0.1, -0.05) is 30.3 Å². The van der Waals surface area contributed by atoms with E-state index in [0.717, 1.165) is 0 Å². The van der Waals surface area contributed by atoms with Gasteiger partial charge >= 0.3 is 0 Å². The van der Waals surface area contributed by atoms with E-state index in [1.54, 1.807) is 42.2 Å². The fraction of sp³-hybridized carbons (Fsp3) is 0.250. The second kappa shape index (κ2) is 8.94. The smallest absolute Gasteiger partial charge is 0.273 e. The molecule has 31 heavy (non-hydrogen) atoms. The number of H-pyrrole nitrogens is 1. The van der Waals surface area contributed by atoms with Crippen LogP contribution in [0.5, 0.6) is 0 Å². The molecule has 0 bridgehead atoms. The number of sulfonamides is 1. The molecular weight excluding hydrogens is 442 g/mol. The van der Waals surface area contributed by atoms with Gasteiger partial charge in [-0.3, -0.25) is 14.3 Å². The van der Waals surface area contributed by atoms with E-state index in [-0.39, 0.29) is 24.2 Å². The number of benzene rings is 1. The van der Waals surface area contributed by atoms with Gasteiger partial charge in [0, 0.05) is 16.3 Å². The third kappa shape index (κ3) is 5.15. The Morgan fingerprint density at radius 3 is 2.65 bits per heavy atom. The Kier molecular flexibility index (Phi) is 6.51. The molecular formula is C20H22ClN5O4S. The lowest BCUT2D eigenvalue weighted by Gasteiger charge is -2.26. The summed E-state index contributed by atoms with van der Waals surface area (Å²) in [5, 5.41) is 3.05. The Bertz CT molecular complexity index is 1210. The Morgan fingerprint density at radius 2 is 2.00 bits per heavy atom. The van der Waals surface area contributed by atoms with Gasteiger partial charge in [0.15, 0.2) is 0 Å². The molecule has 1 aromatic heterocycles.